The Morgan fingerprint density at radius 2 is 0.494 bits per heavy atom. The number of aliphatic hydroxyl groups is 5. The number of phosphoric ester groups is 1. The summed E-state index contributed by atoms with van der Waals surface area (Å²) in [5.41, 5.74) is 7.98. The molecule has 0 aliphatic heterocycles. The van der Waals surface area contributed by atoms with Crippen LogP contribution in [-0.4, -0.2) is 110 Å². The van der Waals surface area contributed by atoms with Crippen molar-refractivity contribution in [1.29, 1.82) is 0 Å². The fraction of sp³-hybridized carbons (Fsp3) is 0.455. The van der Waals surface area contributed by atoms with Crippen LogP contribution in [-0.2, 0) is 43.0 Å². The quantitative estimate of drug-likeness (QED) is 0.0256. The van der Waals surface area contributed by atoms with E-state index in [0.29, 0.717) is 0 Å². The van der Waals surface area contributed by atoms with Crippen LogP contribution >= 0.6 is 7.82 Å². The van der Waals surface area contributed by atoms with Gasteiger partial charge in [-0.25, -0.2) is 4.57 Å². The maximum atomic E-state index is 10.5. The van der Waals surface area contributed by atoms with Crippen LogP contribution in [0, 0.1) is 0 Å². The van der Waals surface area contributed by atoms with E-state index in [1.54, 1.807) is 0 Å². The van der Waals surface area contributed by atoms with Crippen molar-refractivity contribution in [3.63, 3.8) is 0 Å². The van der Waals surface area contributed by atoms with E-state index >= 15 is 0 Å². The predicted molar refractivity (Wildman–Crippen MR) is 325 cm³/mol. The average Bonchev–Trinajstić information content (AvgIpc) is 3.44. The van der Waals surface area contributed by atoms with Crippen LogP contribution in [0.3, 0.4) is 0 Å². The van der Waals surface area contributed by atoms with Gasteiger partial charge >= 0.3 is 404 Å². The van der Waals surface area contributed by atoms with Gasteiger partial charge in [-0.15, -0.1) is 0 Å². The zero-order valence-corrected chi connectivity index (χ0v) is 55.4. The van der Waals surface area contributed by atoms with E-state index in [4.69, 9.17) is 14.9 Å². The standard InChI is InChI=1S/6C10H13.C6H13O9P.O.2Sn/c6*1-10(2,3)9-7-5-4-6-8-9;7-1-2(8)4(10)6(5(11)3(1)9)15-16(12,13)14;;;/h6*4-8H,1H2,2-3H3;1-11H,(H2,12,13,14);;;/t;;;;;;1-,2-,3+,4-,5-,6-;;;/m......0.../s1. The van der Waals surface area contributed by atoms with Gasteiger partial charge in [-0.2, -0.15) is 0 Å². The Balaban J connectivity index is 0.000000540. The van der Waals surface area contributed by atoms with Gasteiger partial charge in [0.25, 0.3) is 0 Å². The third-order valence-corrected chi connectivity index (χ3v) is 62.4. The molecule has 6 aromatic carbocycles. The Kier molecular flexibility index (Phi) is 21.5. The molecule has 79 heavy (non-hydrogen) atoms. The normalized spacial score (nSPS) is 20.0. The number of hydrogen-bond donors (Lipinski definition) is 7. The zero-order valence-electron chi connectivity index (χ0n) is 48.8. The summed E-state index contributed by atoms with van der Waals surface area (Å²) in [5.74, 6) is 0. The number of aliphatic hydroxyl groups excluding tert-OH is 5. The van der Waals surface area contributed by atoms with Crippen LogP contribution in [0.2, 0.25) is 26.6 Å². The van der Waals surface area contributed by atoms with E-state index < -0.39 is 82.0 Å². The van der Waals surface area contributed by atoms with Crippen molar-refractivity contribution in [3.05, 3.63) is 215 Å². The molecule has 0 unspecified atom stereocenters. The SMILES string of the molecule is CC(C)([CH2][Sn]([CH2]C(C)(C)c1ccccc1)([CH2]C(C)(C)c1ccccc1)[O][Sn]([CH2]C(C)(C)c1ccccc1)([CH2]C(C)(C)c1ccccc1)[CH2]C(C)(C)c1ccccc1)c1ccccc1.O=P(O)(O)O[C@@H]1[C@@H](O)[C@H](O)[C@@H](O)[C@H](O)[C@@H]1O. The minimum atomic E-state index is -5.01. The number of hydrogen-bond acceptors (Lipinski definition) is 8. The van der Waals surface area contributed by atoms with Gasteiger partial charge in [0.05, 0.1) is 0 Å². The number of rotatable bonds is 22. The van der Waals surface area contributed by atoms with Crippen LogP contribution in [0.5, 0.6) is 0 Å². The van der Waals surface area contributed by atoms with Crippen molar-refractivity contribution in [3.8, 4) is 0 Å². The summed E-state index contributed by atoms with van der Waals surface area (Å²) < 4.78 is 30.6. The molecule has 0 amide bonds. The fourth-order valence-corrected chi connectivity index (χ4v) is 76.8. The van der Waals surface area contributed by atoms with Crippen LogP contribution in [0.25, 0.3) is 0 Å². The summed E-state index contributed by atoms with van der Waals surface area (Å²) in [6.07, 6.45) is -11.3. The van der Waals surface area contributed by atoms with Crippen LogP contribution in [0.4, 0.5) is 0 Å². The molecule has 13 heteroatoms. The first-order valence-corrected chi connectivity index (χ1v) is 43.9. The van der Waals surface area contributed by atoms with Gasteiger partial charge in [0, 0.05) is 0 Å². The zero-order chi connectivity index (χ0) is 58.3. The van der Waals surface area contributed by atoms with Gasteiger partial charge in [-0.3, -0.25) is 4.52 Å². The monoisotopic (exact) mass is 1310 g/mol. The molecule has 0 saturated heterocycles. The van der Waals surface area contributed by atoms with E-state index in [1.165, 1.54) is 33.4 Å². The summed E-state index contributed by atoms with van der Waals surface area (Å²) in [4.78, 5) is 17.0. The minimum Gasteiger partial charge on any atom is -0.387 e. The first-order chi connectivity index (χ1) is 36.7. The van der Waals surface area contributed by atoms with Crippen molar-refractivity contribution in [1.82, 2.24) is 0 Å². The molecule has 7 N–H and O–H groups in total. The van der Waals surface area contributed by atoms with E-state index in [1.807, 2.05) is 0 Å². The molecule has 0 heterocycles. The number of benzene rings is 6. The van der Waals surface area contributed by atoms with Gasteiger partial charge in [0.2, 0.25) is 0 Å². The minimum absolute atomic E-state index is 0.0900. The third kappa shape index (κ3) is 17.2. The van der Waals surface area contributed by atoms with Gasteiger partial charge < -0.3 is 35.3 Å². The van der Waals surface area contributed by atoms with Gasteiger partial charge in [0.1, 0.15) is 36.6 Å². The number of phosphoric acid groups is 1. The largest absolute Gasteiger partial charge is 0.470 e. The molecule has 0 spiro atoms. The third-order valence-electron chi connectivity index (χ3n) is 16.7. The Labute approximate surface area is 481 Å². The molecule has 6 atom stereocenters. The molecule has 0 bridgehead atoms. The Bertz CT molecular complexity index is 2400. The summed E-state index contributed by atoms with van der Waals surface area (Å²) in [6.45, 7) is 30.4. The van der Waals surface area contributed by atoms with Crippen molar-refractivity contribution in [2.75, 3.05) is 0 Å². The maximum absolute atomic E-state index is 10.5. The van der Waals surface area contributed by atoms with Crippen molar-refractivity contribution in [2.24, 2.45) is 0 Å². The summed E-state index contributed by atoms with van der Waals surface area (Å²) in [6, 6.07) is 68.6. The first-order valence-electron chi connectivity index (χ1n) is 27.9. The topological polar surface area (TPSA) is 177 Å². The van der Waals surface area contributed by atoms with Crippen molar-refractivity contribution in [2.45, 2.75) is 179 Å². The molecule has 1 aliphatic carbocycles. The second-order valence-corrected chi connectivity index (χ2v) is 51.8. The molecular weight excluding hydrogens is 1220 g/mol. The second kappa shape index (κ2) is 26.1. The van der Waals surface area contributed by atoms with Gasteiger partial charge in [-0.05, 0) is 0 Å². The summed E-state index contributed by atoms with van der Waals surface area (Å²) in [7, 11) is -5.01. The molecule has 6 aromatic rings. The fourth-order valence-electron chi connectivity index (χ4n) is 13.3. The molecule has 1 aliphatic rings. The van der Waals surface area contributed by atoms with Gasteiger partial charge in [0.15, 0.2) is 0 Å². The van der Waals surface area contributed by atoms with Crippen molar-refractivity contribution < 1.29 is 45.8 Å². The summed E-state index contributed by atoms with van der Waals surface area (Å²) >= 11 is -8.23. The first kappa shape index (κ1) is 64.9. The van der Waals surface area contributed by atoms with Gasteiger partial charge in [-0.1, -0.05) is 0 Å². The van der Waals surface area contributed by atoms with Crippen LogP contribution in [0.1, 0.15) is 116 Å². The van der Waals surface area contributed by atoms with Crippen LogP contribution < -0.4 is 0 Å². The molecule has 428 valence electrons. The Morgan fingerprint density at radius 3 is 0.658 bits per heavy atom. The molecule has 0 radical (unpaired) electrons. The molecule has 10 nitrogen and oxygen atoms in total. The molecule has 0 aromatic heterocycles. The second-order valence-electron chi connectivity index (χ2n) is 26.5. The molecule has 1 saturated carbocycles. The summed E-state index contributed by atoms with van der Waals surface area (Å²) in [5, 5.41) is 46.1. The molecule has 7 rings (SSSR count). The Morgan fingerprint density at radius 1 is 0.329 bits per heavy atom. The van der Waals surface area contributed by atoms with Crippen molar-refractivity contribution >= 4 is 45.4 Å². The van der Waals surface area contributed by atoms with E-state index in [0.717, 1.165) is 26.6 Å². The van der Waals surface area contributed by atoms with E-state index in [2.05, 4.69) is 270 Å². The maximum Gasteiger partial charge on any atom is 0.470 e. The predicted octanol–water partition coefficient (Wildman–Crippen LogP) is 13.0. The molecular formula is C66H91O10PSn2. The van der Waals surface area contributed by atoms with E-state index in [-0.39, 0.29) is 32.5 Å². The molecule has 1 fully saturated rings. The van der Waals surface area contributed by atoms with Crippen LogP contribution in [0.15, 0.2) is 182 Å². The average molecular weight is 1310 g/mol. The smallest absolute Gasteiger partial charge is 0.387 e. The Hall–Kier alpha value is -3.21. The van der Waals surface area contributed by atoms with E-state index in [9.17, 15) is 26.4 Å².